The van der Waals surface area contributed by atoms with Crippen LogP contribution in [0.25, 0.3) is 0 Å². The maximum atomic E-state index is 12.7. The SMILES string of the molecule is CCOc1ccc(S(=O)(=O)N[C@H](C(=O)N2CCOCC2)C(C)C)cc1. The van der Waals surface area contributed by atoms with Crippen molar-refractivity contribution in [1.82, 2.24) is 9.62 Å². The molecule has 25 heavy (non-hydrogen) atoms. The van der Waals surface area contributed by atoms with Crippen LogP contribution in [0, 0.1) is 5.92 Å². The van der Waals surface area contributed by atoms with E-state index in [1.165, 1.54) is 12.1 Å². The summed E-state index contributed by atoms with van der Waals surface area (Å²) >= 11 is 0. The van der Waals surface area contributed by atoms with Gasteiger partial charge in [0.05, 0.1) is 24.7 Å². The third-order valence-electron chi connectivity index (χ3n) is 3.98. The zero-order chi connectivity index (χ0) is 18.4. The van der Waals surface area contributed by atoms with Crippen LogP contribution in [0.2, 0.25) is 0 Å². The van der Waals surface area contributed by atoms with Gasteiger partial charge in [0.1, 0.15) is 11.8 Å². The fraction of sp³-hybridized carbons (Fsp3) is 0.588. The minimum Gasteiger partial charge on any atom is -0.494 e. The summed E-state index contributed by atoms with van der Waals surface area (Å²) in [4.78, 5) is 14.5. The lowest BCUT2D eigenvalue weighted by Gasteiger charge is -2.32. The zero-order valence-electron chi connectivity index (χ0n) is 14.9. The van der Waals surface area contributed by atoms with Crippen molar-refractivity contribution in [3.63, 3.8) is 0 Å². The van der Waals surface area contributed by atoms with Crippen LogP contribution in [0.15, 0.2) is 29.2 Å². The number of sulfonamides is 1. The number of nitrogens with zero attached hydrogens (tertiary/aromatic N) is 1. The van der Waals surface area contributed by atoms with E-state index in [4.69, 9.17) is 9.47 Å². The van der Waals surface area contributed by atoms with E-state index in [-0.39, 0.29) is 16.7 Å². The van der Waals surface area contributed by atoms with Gasteiger partial charge in [-0.1, -0.05) is 13.8 Å². The van der Waals surface area contributed by atoms with E-state index in [2.05, 4.69) is 4.72 Å². The maximum Gasteiger partial charge on any atom is 0.241 e. The number of benzene rings is 1. The van der Waals surface area contributed by atoms with Gasteiger partial charge in [0, 0.05) is 13.1 Å². The van der Waals surface area contributed by atoms with Crippen molar-refractivity contribution in [3.8, 4) is 5.75 Å². The van der Waals surface area contributed by atoms with Crippen molar-refractivity contribution >= 4 is 15.9 Å². The van der Waals surface area contributed by atoms with Crippen molar-refractivity contribution in [2.24, 2.45) is 5.92 Å². The van der Waals surface area contributed by atoms with E-state index in [9.17, 15) is 13.2 Å². The molecular weight excluding hydrogens is 344 g/mol. The summed E-state index contributed by atoms with van der Waals surface area (Å²) in [6, 6.07) is 5.35. The van der Waals surface area contributed by atoms with Crippen molar-refractivity contribution in [3.05, 3.63) is 24.3 Å². The molecule has 1 aromatic rings. The third kappa shape index (κ3) is 5.17. The van der Waals surface area contributed by atoms with Crippen LogP contribution in [-0.4, -0.2) is 58.2 Å². The predicted octanol–water partition coefficient (Wildman–Crippen LogP) is 1.25. The van der Waals surface area contributed by atoms with Gasteiger partial charge in [0.25, 0.3) is 0 Å². The minimum atomic E-state index is -3.80. The molecule has 2 rings (SSSR count). The fourth-order valence-corrected chi connectivity index (χ4v) is 3.91. The molecule has 8 heteroatoms. The van der Waals surface area contributed by atoms with Gasteiger partial charge < -0.3 is 14.4 Å². The lowest BCUT2D eigenvalue weighted by Crippen LogP contribution is -2.53. The summed E-state index contributed by atoms with van der Waals surface area (Å²) in [7, 11) is -3.80. The van der Waals surface area contributed by atoms with Gasteiger partial charge in [0.2, 0.25) is 15.9 Å². The molecule has 0 aliphatic carbocycles. The van der Waals surface area contributed by atoms with E-state index in [1.54, 1.807) is 17.0 Å². The molecular formula is C17H26N2O5S. The van der Waals surface area contributed by atoms with Crippen LogP contribution in [-0.2, 0) is 19.6 Å². The number of hydrogen-bond acceptors (Lipinski definition) is 5. The summed E-state index contributed by atoms with van der Waals surface area (Å²) in [5.41, 5.74) is 0. The van der Waals surface area contributed by atoms with Crippen molar-refractivity contribution in [2.45, 2.75) is 31.7 Å². The fourth-order valence-electron chi connectivity index (χ4n) is 2.57. The second-order valence-electron chi connectivity index (χ2n) is 6.19. The smallest absolute Gasteiger partial charge is 0.241 e. The molecule has 0 spiro atoms. The van der Waals surface area contributed by atoms with Crippen LogP contribution in [0.5, 0.6) is 5.75 Å². The average Bonchev–Trinajstić information content (AvgIpc) is 2.60. The Morgan fingerprint density at radius 3 is 2.36 bits per heavy atom. The standard InChI is InChI=1S/C17H26N2O5S/c1-4-24-14-5-7-15(8-6-14)25(21,22)18-16(13(2)3)17(20)19-9-11-23-12-10-19/h5-8,13,16,18H,4,9-12H2,1-3H3/t16-/m0/s1. The van der Waals surface area contributed by atoms with Crippen LogP contribution >= 0.6 is 0 Å². The van der Waals surface area contributed by atoms with Crippen LogP contribution in [0.1, 0.15) is 20.8 Å². The van der Waals surface area contributed by atoms with Crippen LogP contribution < -0.4 is 9.46 Å². The van der Waals surface area contributed by atoms with E-state index < -0.39 is 16.1 Å². The third-order valence-corrected chi connectivity index (χ3v) is 5.44. The molecule has 1 aromatic carbocycles. The van der Waals surface area contributed by atoms with Gasteiger partial charge >= 0.3 is 0 Å². The highest BCUT2D eigenvalue weighted by Crippen LogP contribution is 2.18. The Morgan fingerprint density at radius 1 is 1.24 bits per heavy atom. The molecule has 0 unspecified atom stereocenters. The second kappa shape index (κ2) is 8.64. The Balaban J connectivity index is 2.15. The number of ether oxygens (including phenoxy) is 2. The second-order valence-corrected chi connectivity index (χ2v) is 7.90. The molecule has 0 aromatic heterocycles. The van der Waals surface area contributed by atoms with Gasteiger partial charge in [0.15, 0.2) is 0 Å². The molecule has 1 fully saturated rings. The van der Waals surface area contributed by atoms with E-state index in [0.717, 1.165) is 0 Å². The molecule has 7 nitrogen and oxygen atoms in total. The lowest BCUT2D eigenvalue weighted by molar-refractivity contribution is -0.138. The first-order valence-electron chi connectivity index (χ1n) is 8.47. The Morgan fingerprint density at radius 2 is 1.84 bits per heavy atom. The molecule has 1 saturated heterocycles. The number of carbonyl (C=O) groups excluding carboxylic acids is 1. The van der Waals surface area contributed by atoms with Crippen molar-refractivity contribution in [1.29, 1.82) is 0 Å². The first-order chi connectivity index (χ1) is 11.8. The zero-order valence-corrected chi connectivity index (χ0v) is 15.7. The maximum absolute atomic E-state index is 12.7. The normalized spacial score (nSPS) is 16.7. The molecule has 1 amide bonds. The highest BCUT2D eigenvalue weighted by Gasteiger charge is 2.32. The van der Waals surface area contributed by atoms with Crippen molar-refractivity contribution < 1.29 is 22.7 Å². The van der Waals surface area contributed by atoms with Gasteiger partial charge in [-0.3, -0.25) is 4.79 Å². The van der Waals surface area contributed by atoms with Gasteiger partial charge in [-0.25, -0.2) is 8.42 Å². The molecule has 1 N–H and O–H groups in total. The van der Waals surface area contributed by atoms with Crippen LogP contribution in [0.3, 0.4) is 0 Å². The Hall–Kier alpha value is -1.64. The predicted molar refractivity (Wildman–Crippen MR) is 94.0 cm³/mol. The highest BCUT2D eigenvalue weighted by atomic mass is 32.2. The Labute approximate surface area is 149 Å². The molecule has 1 heterocycles. The summed E-state index contributed by atoms with van der Waals surface area (Å²) in [5.74, 6) is 0.215. The molecule has 1 aliphatic rings. The highest BCUT2D eigenvalue weighted by molar-refractivity contribution is 7.89. The molecule has 1 aliphatic heterocycles. The molecule has 0 radical (unpaired) electrons. The van der Waals surface area contributed by atoms with Gasteiger partial charge in [-0.05, 0) is 37.1 Å². The topological polar surface area (TPSA) is 84.9 Å². The first-order valence-corrected chi connectivity index (χ1v) is 9.95. The summed E-state index contributed by atoms with van der Waals surface area (Å²) in [6.07, 6.45) is 0. The number of morpholine rings is 1. The first kappa shape index (κ1) is 19.7. The summed E-state index contributed by atoms with van der Waals surface area (Å²) < 4.78 is 38.4. The van der Waals surface area contributed by atoms with E-state index >= 15 is 0 Å². The average molecular weight is 370 g/mol. The molecule has 0 bridgehead atoms. The minimum absolute atomic E-state index is 0.108. The quantitative estimate of drug-likeness (QED) is 0.781. The number of hydrogen-bond donors (Lipinski definition) is 1. The van der Waals surface area contributed by atoms with E-state index in [0.29, 0.717) is 38.7 Å². The lowest BCUT2D eigenvalue weighted by atomic mass is 10.0. The Bertz CT molecular complexity index is 667. The van der Waals surface area contributed by atoms with Gasteiger partial charge in [-0.15, -0.1) is 0 Å². The number of nitrogens with one attached hydrogen (secondary N) is 1. The van der Waals surface area contributed by atoms with Crippen molar-refractivity contribution in [2.75, 3.05) is 32.9 Å². The number of amides is 1. The van der Waals surface area contributed by atoms with Gasteiger partial charge in [-0.2, -0.15) is 4.72 Å². The Kier molecular flexibility index (Phi) is 6.80. The summed E-state index contributed by atoms with van der Waals surface area (Å²) in [6.45, 7) is 7.92. The monoisotopic (exact) mass is 370 g/mol. The molecule has 1 atom stereocenters. The van der Waals surface area contributed by atoms with E-state index in [1.807, 2.05) is 20.8 Å². The molecule has 0 saturated carbocycles. The summed E-state index contributed by atoms with van der Waals surface area (Å²) in [5, 5.41) is 0. The number of rotatable bonds is 7. The largest absolute Gasteiger partial charge is 0.494 e. The number of carbonyl (C=O) groups is 1. The van der Waals surface area contributed by atoms with Crippen LogP contribution in [0.4, 0.5) is 0 Å². The molecule has 140 valence electrons.